The van der Waals surface area contributed by atoms with E-state index in [0.717, 1.165) is 24.3 Å². The molecule has 298 valence electrons. The van der Waals surface area contributed by atoms with Crippen molar-refractivity contribution in [2.24, 2.45) is 11.8 Å². The maximum absolute atomic E-state index is 6.44. The number of halogens is 2. The third-order valence-electron chi connectivity index (χ3n) is 11.4. The second kappa shape index (κ2) is 18.3. The molecule has 2 atom stereocenters. The Hall–Kier alpha value is -2.36. The molecule has 0 saturated carbocycles. The first-order valence-corrected chi connectivity index (χ1v) is 29.2. The van der Waals surface area contributed by atoms with E-state index < -0.39 is 25.8 Å². The predicted molar refractivity (Wildman–Crippen MR) is 232 cm³/mol. The minimum atomic E-state index is -2.54. The number of rotatable bonds is 10. The van der Waals surface area contributed by atoms with Gasteiger partial charge in [0.1, 0.15) is 0 Å². The van der Waals surface area contributed by atoms with Gasteiger partial charge in [0.2, 0.25) is 0 Å². The Balaban J connectivity index is 0.00000348. The molecule has 0 N–H and O–H groups in total. The zero-order valence-electron chi connectivity index (χ0n) is 36.4. The molecule has 4 aromatic rings. The van der Waals surface area contributed by atoms with Gasteiger partial charge in [0, 0.05) is 0 Å². The van der Waals surface area contributed by atoms with Gasteiger partial charge in [-0.1, -0.05) is 0 Å². The molecule has 2 aliphatic rings. The zero-order chi connectivity index (χ0) is 39.3. The summed E-state index contributed by atoms with van der Waals surface area (Å²) < 4.78 is 13.9. The first-order chi connectivity index (χ1) is 25.5. The number of hydrogen-bond donors (Lipinski definition) is 0. The number of benzene rings is 4. The van der Waals surface area contributed by atoms with E-state index in [4.69, 9.17) is 9.47 Å². The normalized spacial score (nSPS) is 15.9. The van der Waals surface area contributed by atoms with Crippen LogP contribution < -0.4 is 34.3 Å². The van der Waals surface area contributed by atoms with Gasteiger partial charge < -0.3 is 24.8 Å². The monoisotopic (exact) mass is 884 g/mol. The van der Waals surface area contributed by atoms with E-state index in [9.17, 15) is 0 Å². The summed E-state index contributed by atoms with van der Waals surface area (Å²) in [6, 6.07) is 27.4. The topological polar surface area (TPSA) is 18.5 Å². The van der Waals surface area contributed by atoms with Crippen molar-refractivity contribution in [2.75, 3.05) is 14.2 Å². The molecule has 0 aromatic heterocycles. The first-order valence-electron chi connectivity index (χ1n) is 20.2. The van der Waals surface area contributed by atoms with Gasteiger partial charge in [0.15, 0.2) is 0 Å². The van der Waals surface area contributed by atoms with Crippen LogP contribution in [0.1, 0.15) is 123 Å². The average molecular weight is 887 g/mol. The van der Waals surface area contributed by atoms with Crippen LogP contribution in [0.2, 0.25) is 13.1 Å². The Kier molecular flexibility index (Phi) is 15.1. The zero-order valence-corrected chi connectivity index (χ0v) is 41.3. The molecule has 2 aliphatic carbocycles. The van der Waals surface area contributed by atoms with Gasteiger partial charge in [-0.05, 0) is 0 Å². The fraction of sp³-hybridized carbons (Fsp3) is 0.440. The Morgan fingerprint density at radius 3 is 1.20 bits per heavy atom. The van der Waals surface area contributed by atoms with Crippen LogP contribution in [-0.4, -0.2) is 19.7 Å². The molecule has 6 heteroatoms. The molecular weight excluding hydrogens is 823 g/mol. The molecule has 0 heterocycles. The van der Waals surface area contributed by atoms with Crippen LogP contribution >= 0.6 is 0 Å². The van der Waals surface area contributed by atoms with Crippen LogP contribution in [0.3, 0.4) is 0 Å². The Morgan fingerprint density at radius 2 is 0.929 bits per heavy atom. The van der Waals surface area contributed by atoms with E-state index in [1.807, 2.05) is 14.2 Å². The minimum absolute atomic E-state index is 0. The van der Waals surface area contributed by atoms with E-state index in [1.165, 1.54) is 44.5 Å². The molecule has 0 radical (unpaired) electrons. The fourth-order valence-electron chi connectivity index (χ4n) is 9.22. The van der Waals surface area contributed by atoms with Gasteiger partial charge in [0.25, 0.3) is 0 Å². The molecule has 56 heavy (non-hydrogen) atoms. The number of ether oxygens (including phenoxy) is 2. The smallest absolute Gasteiger partial charge is 1.00 e. The van der Waals surface area contributed by atoms with Gasteiger partial charge in [-0.3, -0.25) is 0 Å². The molecule has 2 nitrogen and oxygen atoms in total. The third-order valence-corrected chi connectivity index (χ3v) is 30.9. The van der Waals surface area contributed by atoms with Gasteiger partial charge in [-0.15, -0.1) is 0 Å². The SMILES string of the molecule is COc1c(C(C)(C)C)cc2c(c1-c1ccccc1)C=C(CC(C)C)[CH]2[Zr+2]([CH]1C(CC(C)C)=Cc2c1cc(C(C)(C)C)c(OC)c2-c1ccccc1)=[Si](C)C.[Cl-].[Cl-]. The van der Waals surface area contributed by atoms with Gasteiger partial charge in [-0.25, -0.2) is 0 Å². The van der Waals surface area contributed by atoms with Crippen molar-refractivity contribution in [3.63, 3.8) is 0 Å². The Morgan fingerprint density at radius 1 is 0.589 bits per heavy atom. The maximum atomic E-state index is 6.44. The van der Waals surface area contributed by atoms with E-state index in [1.54, 1.807) is 22.3 Å². The van der Waals surface area contributed by atoms with Crippen LogP contribution in [-0.2, 0) is 31.2 Å². The molecule has 0 spiro atoms. The number of fused-ring (bicyclic) bond motifs is 2. The summed E-state index contributed by atoms with van der Waals surface area (Å²) in [6.45, 7) is 29.1. The second-order valence-corrected chi connectivity index (χ2v) is 36.7. The Bertz CT molecular complexity index is 1980. The van der Waals surface area contributed by atoms with Crippen molar-refractivity contribution in [3.8, 4) is 33.8 Å². The summed E-state index contributed by atoms with van der Waals surface area (Å²) in [7, 11) is 3.75. The molecule has 0 saturated heterocycles. The molecular formula is C50H64Cl2O2SiZr. The van der Waals surface area contributed by atoms with Crippen LogP contribution in [0.15, 0.2) is 83.9 Å². The number of allylic oxidation sites excluding steroid dienone is 2. The van der Waals surface area contributed by atoms with Crippen molar-refractivity contribution < 1.29 is 54.7 Å². The minimum Gasteiger partial charge on any atom is -1.00 e. The summed E-state index contributed by atoms with van der Waals surface area (Å²) in [5.41, 5.74) is 16.2. The van der Waals surface area contributed by atoms with Gasteiger partial charge >= 0.3 is 338 Å². The molecule has 4 aromatic carbocycles. The molecule has 0 fully saturated rings. The van der Waals surface area contributed by atoms with Crippen LogP contribution in [0.4, 0.5) is 0 Å². The van der Waals surface area contributed by atoms with Crippen LogP contribution in [0.25, 0.3) is 34.4 Å². The van der Waals surface area contributed by atoms with Crippen molar-refractivity contribution >= 4 is 17.6 Å². The molecule has 0 amide bonds. The summed E-state index contributed by atoms with van der Waals surface area (Å²) in [4.78, 5) is 0. The fourth-order valence-corrected chi connectivity index (χ4v) is 29.5. The van der Waals surface area contributed by atoms with Crippen LogP contribution in [0, 0.1) is 11.8 Å². The molecule has 0 bridgehead atoms. The molecule has 0 aliphatic heterocycles. The van der Waals surface area contributed by atoms with Gasteiger partial charge in [-0.2, -0.15) is 0 Å². The standard InChI is InChI=1S/2C24H29O.C2H6Si.2ClH.Zr/c2*1-16(2)12-17-13-19-15-21(24(3,4)5)23(25-6)22(20(19)14-17)18-10-8-7-9-11-18;1-3-2;;;/h2*7-11,13-16H,12H2,1-6H3;1-2H3;2*1H;/q;;;;;+2/p-2. The summed E-state index contributed by atoms with van der Waals surface area (Å²) in [5, 5.41) is 0. The quantitative estimate of drug-likeness (QED) is 0.150. The second-order valence-electron chi connectivity index (χ2n) is 18.9. The van der Waals surface area contributed by atoms with E-state index in [2.05, 4.69) is 167 Å². The largest absolute Gasteiger partial charge is 1.00 e. The number of methoxy groups -OCH3 is 2. The van der Waals surface area contributed by atoms with E-state index in [-0.39, 0.29) is 35.6 Å². The van der Waals surface area contributed by atoms with E-state index >= 15 is 0 Å². The van der Waals surface area contributed by atoms with Crippen molar-refractivity contribution in [1.29, 1.82) is 0 Å². The predicted octanol–water partition coefficient (Wildman–Crippen LogP) is 8.18. The van der Waals surface area contributed by atoms with E-state index in [0.29, 0.717) is 19.1 Å². The van der Waals surface area contributed by atoms with Crippen molar-refractivity contribution in [3.05, 3.63) is 117 Å². The molecule has 6 rings (SSSR count). The molecule has 2 unspecified atom stereocenters. The average Bonchev–Trinajstić information content (AvgIpc) is 3.62. The third kappa shape index (κ3) is 8.95. The Labute approximate surface area is 360 Å². The summed E-state index contributed by atoms with van der Waals surface area (Å²) in [5.74, 6) is 3.24. The van der Waals surface area contributed by atoms with Crippen molar-refractivity contribution in [1.82, 2.24) is 0 Å². The summed E-state index contributed by atoms with van der Waals surface area (Å²) >= 11 is -2.54. The van der Waals surface area contributed by atoms with Crippen LogP contribution in [0.5, 0.6) is 11.5 Å². The first kappa shape index (κ1) is 46.3. The maximum Gasteiger partial charge on any atom is -1.00 e. The number of hydrogen-bond acceptors (Lipinski definition) is 2. The van der Waals surface area contributed by atoms with Crippen molar-refractivity contribution in [2.45, 2.75) is 113 Å². The summed E-state index contributed by atoms with van der Waals surface area (Å²) in [6.07, 6.45) is 7.56. The van der Waals surface area contributed by atoms with Gasteiger partial charge in [0.05, 0.1) is 0 Å².